The molecule has 29 heavy (non-hydrogen) atoms. The van der Waals surface area contributed by atoms with Gasteiger partial charge in [0.25, 0.3) is 0 Å². The topological polar surface area (TPSA) is 79.4 Å². The summed E-state index contributed by atoms with van der Waals surface area (Å²) < 4.78 is 4.83. The summed E-state index contributed by atoms with van der Waals surface area (Å²) >= 11 is 0. The highest BCUT2D eigenvalue weighted by molar-refractivity contribution is 5.96. The van der Waals surface area contributed by atoms with E-state index in [1.807, 2.05) is 6.07 Å². The molecule has 4 rings (SSSR count). The number of methoxy groups -OCH3 is 1. The normalized spacial score (nSPS) is 13.2. The zero-order valence-corrected chi connectivity index (χ0v) is 16.3. The standard InChI is InChI=1S/C22H23N5O2/c1-29-21(28)18-6-2-3-7-19(18)25-22-23-13-12-20(26-22)24-16-8-10-17(11-9-16)27-14-4-5-15-27/h2-3,6-13H,4-5,14-15H2,1H3,(H2,23,24,25,26). The number of hydrogen-bond donors (Lipinski definition) is 2. The molecule has 1 aliphatic heterocycles. The number of hydrogen-bond acceptors (Lipinski definition) is 7. The lowest BCUT2D eigenvalue weighted by molar-refractivity contribution is 0.0602. The number of nitrogens with one attached hydrogen (secondary N) is 2. The number of esters is 1. The molecule has 2 heterocycles. The fourth-order valence-electron chi connectivity index (χ4n) is 3.37. The number of para-hydroxylation sites is 1. The maximum atomic E-state index is 11.9. The van der Waals surface area contributed by atoms with Crippen LogP contribution >= 0.6 is 0 Å². The summed E-state index contributed by atoms with van der Waals surface area (Å²) in [5.74, 6) is 0.632. The van der Waals surface area contributed by atoms with Gasteiger partial charge in [0.05, 0.1) is 18.4 Å². The van der Waals surface area contributed by atoms with E-state index in [9.17, 15) is 4.79 Å². The molecule has 0 unspecified atom stereocenters. The van der Waals surface area contributed by atoms with Crippen molar-refractivity contribution in [2.24, 2.45) is 0 Å². The molecule has 0 saturated carbocycles. The molecule has 0 amide bonds. The number of benzene rings is 2. The molecule has 1 saturated heterocycles. The second kappa shape index (κ2) is 8.60. The highest BCUT2D eigenvalue weighted by Crippen LogP contribution is 2.24. The van der Waals surface area contributed by atoms with E-state index in [1.54, 1.807) is 30.5 Å². The van der Waals surface area contributed by atoms with E-state index in [-0.39, 0.29) is 0 Å². The van der Waals surface area contributed by atoms with Crippen LogP contribution in [0.25, 0.3) is 0 Å². The van der Waals surface area contributed by atoms with E-state index in [0.717, 1.165) is 18.8 Å². The van der Waals surface area contributed by atoms with Gasteiger partial charge < -0.3 is 20.3 Å². The molecule has 0 spiro atoms. The maximum Gasteiger partial charge on any atom is 0.339 e. The molecule has 1 aliphatic rings. The fourth-order valence-corrected chi connectivity index (χ4v) is 3.37. The minimum atomic E-state index is -0.416. The summed E-state index contributed by atoms with van der Waals surface area (Å²) in [4.78, 5) is 23.1. The third-order valence-corrected chi connectivity index (χ3v) is 4.85. The van der Waals surface area contributed by atoms with E-state index in [2.05, 4.69) is 49.8 Å². The zero-order chi connectivity index (χ0) is 20.1. The minimum absolute atomic E-state index is 0.389. The number of carbonyl (C=O) groups excluding carboxylic acids is 1. The lowest BCUT2D eigenvalue weighted by Gasteiger charge is -2.18. The smallest absolute Gasteiger partial charge is 0.339 e. The van der Waals surface area contributed by atoms with Crippen molar-refractivity contribution in [1.82, 2.24) is 9.97 Å². The molecule has 2 N–H and O–H groups in total. The molecular formula is C22H23N5O2. The van der Waals surface area contributed by atoms with Crippen LogP contribution in [0.3, 0.4) is 0 Å². The zero-order valence-electron chi connectivity index (χ0n) is 16.3. The molecule has 148 valence electrons. The van der Waals surface area contributed by atoms with Crippen LogP contribution in [-0.4, -0.2) is 36.1 Å². The van der Waals surface area contributed by atoms with Crippen LogP contribution in [0, 0.1) is 0 Å². The average Bonchev–Trinajstić information content (AvgIpc) is 3.29. The molecular weight excluding hydrogens is 366 g/mol. The predicted molar refractivity (Wildman–Crippen MR) is 114 cm³/mol. The third kappa shape index (κ3) is 4.45. The van der Waals surface area contributed by atoms with Gasteiger partial charge in [-0.1, -0.05) is 12.1 Å². The largest absolute Gasteiger partial charge is 0.465 e. The lowest BCUT2D eigenvalue weighted by atomic mass is 10.2. The summed E-state index contributed by atoms with van der Waals surface area (Å²) in [7, 11) is 1.36. The van der Waals surface area contributed by atoms with Crippen LogP contribution in [0.15, 0.2) is 60.8 Å². The van der Waals surface area contributed by atoms with Gasteiger partial charge in [-0.3, -0.25) is 0 Å². The summed E-state index contributed by atoms with van der Waals surface area (Å²) in [5, 5.41) is 6.39. The summed E-state index contributed by atoms with van der Waals surface area (Å²) in [6.45, 7) is 2.25. The van der Waals surface area contributed by atoms with Gasteiger partial charge in [0.1, 0.15) is 5.82 Å². The van der Waals surface area contributed by atoms with Crippen molar-refractivity contribution in [2.75, 3.05) is 35.7 Å². The number of anilines is 5. The molecule has 0 aliphatic carbocycles. The Kier molecular flexibility index (Phi) is 5.56. The van der Waals surface area contributed by atoms with Crippen molar-refractivity contribution in [2.45, 2.75) is 12.8 Å². The Labute approximate surface area is 169 Å². The van der Waals surface area contributed by atoms with Gasteiger partial charge in [-0.05, 0) is 55.3 Å². The molecule has 0 bridgehead atoms. The van der Waals surface area contributed by atoms with Gasteiger partial charge >= 0.3 is 5.97 Å². The van der Waals surface area contributed by atoms with Crippen molar-refractivity contribution in [3.05, 3.63) is 66.4 Å². The van der Waals surface area contributed by atoms with Crippen molar-refractivity contribution in [1.29, 1.82) is 0 Å². The summed E-state index contributed by atoms with van der Waals surface area (Å²) in [6, 6.07) is 17.2. The molecule has 1 aromatic heterocycles. The first kappa shape index (κ1) is 18.7. The van der Waals surface area contributed by atoms with Gasteiger partial charge in [-0.15, -0.1) is 0 Å². The van der Waals surface area contributed by atoms with Crippen LogP contribution in [0.4, 0.5) is 28.8 Å². The quantitative estimate of drug-likeness (QED) is 0.607. The first-order chi connectivity index (χ1) is 14.2. The molecule has 0 atom stereocenters. The Morgan fingerprint density at radius 2 is 1.76 bits per heavy atom. The molecule has 7 nitrogen and oxygen atoms in total. The summed E-state index contributed by atoms with van der Waals surface area (Å²) in [6.07, 6.45) is 4.18. The van der Waals surface area contributed by atoms with Crippen molar-refractivity contribution >= 4 is 34.8 Å². The third-order valence-electron chi connectivity index (χ3n) is 4.85. The Morgan fingerprint density at radius 3 is 2.52 bits per heavy atom. The SMILES string of the molecule is COC(=O)c1ccccc1Nc1nccc(Nc2ccc(N3CCCC3)cc2)n1. The first-order valence-electron chi connectivity index (χ1n) is 9.62. The highest BCUT2D eigenvalue weighted by Gasteiger charge is 2.13. The number of carbonyl (C=O) groups is 1. The second-order valence-corrected chi connectivity index (χ2v) is 6.79. The fraction of sp³-hybridized carbons (Fsp3) is 0.227. The van der Waals surface area contributed by atoms with Crippen molar-refractivity contribution < 1.29 is 9.53 Å². The van der Waals surface area contributed by atoms with Crippen molar-refractivity contribution in [3.63, 3.8) is 0 Å². The van der Waals surface area contributed by atoms with Crippen LogP contribution < -0.4 is 15.5 Å². The number of rotatable bonds is 6. The highest BCUT2D eigenvalue weighted by atomic mass is 16.5. The van der Waals surface area contributed by atoms with E-state index < -0.39 is 5.97 Å². The van der Waals surface area contributed by atoms with E-state index in [0.29, 0.717) is 23.0 Å². The maximum absolute atomic E-state index is 11.9. The average molecular weight is 389 g/mol. The minimum Gasteiger partial charge on any atom is -0.465 e. The first-order valence-corrected chi connectivity index (χ1v) is 9.62. The predicted octanol–water partition coefficient (Wildman–Crippen LogP) is 4.35. The van der Waals surface area contributed by atoms with Crippen LogP contribution in [0.5, 0.6) is 0 Å². The van der Waals surface area contributed by atoms with Crippen molar-refractivity contribution in [3.8, 4) is 0 Å². The van der Waals surface area contributed by atoms with E-state index >= 15 is 0 Å². The van der Waals surface area contributed by atoms with Gasteiger partial charge in [-0.25, -0.2) is 9.78 Å². The lowest BCUT2D eigenvalue weighted by Crippen LogP contribution is -2.17. The Bertz CT molecular complexity index is 985. The Balaban J connectivity index is 1.47. The molecule has 0 radical (unpaired) electrons. The Morgan fingerprint density at radius 1 is 1.00 bits per heavy atom. The van der Waals surface area contributed by atoms with Gasteiger partial charge in [0.2, 0.25) is 5.95 Å². The van der Waals surface area contributed by atoms with Crippen LogP contribution in [-0.2, 0) is 4.74 Å². The van der Waals surface area contributed by atoms with Crippen LogP contribution in [0.2, 0.25) is 0 Å². The number of aromatic nitrogens is 2. The Hall–Kier alpha value is -3.61. The monoisotopic (exact) mass is 389 g/mol. The van der Waals surface area contributed by atoms with Gasteiger partial charge in [-0.2, -0.15) is 4.98 Å². The van der Waals surface area contributed by atoms with E-state index in [4.69, 9.17) is 4.74 Å². The molecule has 2 aromatic carbocycles. The molecule has 1 fully saturated rings. The molecule has 7 heteroatoms. The summed E-state index contributed by atoms with van der Waals surface area (Å²) in [5.41, 5.74) is 3.21. The number of nitrogens with zero attached hydrogens (tertiary/aromatic N) is 3. The van der Waals surface area contributed by atoms with Gasteiger partial charge in [0, 0.05) is 30.7 Å². The van der Waals surface area contributed by atoms with Gasteiger partial charge in [0.15, 0.2) is 0 Å². The molecule has 3 aromatic rings. The number of ether oxygens (including phenoxy) is 1. The van der Waals surface area contributed by atoms with E-state index in [1.165, 1.54) is 25.6 Å². The van der Waals surface area contributed by atoms with Crippen LogP contribution in [0.1, 0.15) is 23.2 Å². The second-order valence-electron chi connectivity index (χ2n) is 6.79.